The molecule has 1 heterocycles. The van der Waals surface area contributed by atoms with Crippen LogP contribution in [0.25, 0.3) is 0 Å². The van der Waals surface area contributed by atoms with E-state index in [2.05, 4.69) is 28.5 Å². The van der Waals surface area contributed by atoms with Gasteiger partial charge < -0.3 is 10.6 Å². The monoisotopic (exact) mass is 272 g/mol. The second kappa shape index (κ2) is 7.04. The fourth-order valence-corrected chi connectivity index (χ4v) is 2.23. The van der Waals surface area contributed by atoms with E-state index >= 15 is 0 Å². The second-order valence-electron chi connectivity index (χ2n) is 4.93. The second-order valence-corrected chi connectivity index (χ2v) is 4.93. The van der Waals surface area contributed by atoms with Gasteiger partial charge in [-0.25, -0.2) is 0 Å². The van der Waals surface area contributed by atoms with Crippen LogP contribution in [-0.2, 0) is 4.79 Å². The summed E-state index contributed by atoms with van der Waals surface area (Å²) in [6.45, 7) is 5.91. The molecule has 2 rings (SSSR count). The Morgan fingerprint density at radius 2 is 2.15 bits per heavy atom. The standard InChI is InChI=1S/C15H20N4O/c1-2-19(14-10-17-11-14)8-7-15(20)18-13-5-3-12(9-16)4-6-13/h3-6,14,17H,2,7-8,10-11H2,1H3,(H,18,20). The van der Waals surface area contributed by atoms with E-state index in [9.17, 15) is 4.79 Å². The Bertz CT molecular complexity index is 488. The van der Waals surface area contributed by atoms with Gasteiger partial charge in [0.1, 0.15) is 0 Å². The Labute approximate surface area is 119 Å². The van der Waals surface area contributed by atoms with E-state index in [1.165, 1.54) is 0 Å². The number of carbonyl (C=O) groups excluding carboxylic acids is 1. The number of nitrogens with zero attached hydrogens (tertiary/aromatic N) is 2. The van der Waals surface area contributed by atoms with Crippen molar-refractivity contribution in [2.75, 3.05) is 31.5 Å². The molecule has 0 bridgehead atoms. The van der Waals surface area contributed by atoms with Gasteiger partial charge in [-0.15, -0.1) is 0 Å². The van der Waals surface area contributed by atoms with Gasteiger partial charge in [-0.1, -0.05) is 6.92 Å². The summed E-state index contributed by atoms with van der Waals surface area (Å²) in [5.74, 6) is 0.0143. The first-order valence-electron chi connectivity index (χ1n) is 6.97. The minimum atomic E-state index is 0.0143. The first-order valence-corrected chi connectivity index (χ1v) is 6.97. The van der Waals surface area contributed by atoms with Gasteiger partial charge in [0.2, 0.25) is 5.91 Å². The highest BCUT2D eigenvalue weighted by Crippen LogP contribution is 2.10. The van der Waals surface area contributed by atoms with Gasteiger partial charge in [0, 0.05) is 37.8 Å². The van der Waals surface area contributed by atoms with Gasteiger partial charge in [-0.05, 0) is 30.8 Å². The summed E-state index contributed by atoms with van der Waals surface area (Å²) in [5.41, 5.74) is 1.33. The molecule has 1 aromatic rings. The van der Waals surface area contributed by atoms with Crippen molar-refractivity contribution < 1.29 is 4.79 Å². The predicted octanol–water partition coefficient (Wildman–Crippen LogP) is 1.18. The number of benzene rings is 1. The molecule has 5 heteroatoms. The molecular formula is C15H20N4O. The summed E-state index contributed by atoms with van der Waals surface area (Å²) in [7, 11) is 0. The molecule has 0 aromatic heterocycles. The lowest BCUT2D eigenvalue weighted by molar-refractivity contribution is -0.116. The lowest BCUT2D eigenvalue weighted by atomic mass is 10.1. The van der Waals surface area contributed by atoms with Crippen LogP contribution in [0, 0.1) is 11.3 Å². The summed E-state index contributed by atoms with van der Waals surface area (Å²) in [5, 5.41) is 14.8. The van der Waals surface area contributed by atoms with Crippen molar-refractivity contribution in [3.05, 3.63) is 29.8 Å². The molecule has 0 unspecified atom stereocenters. The Hall–Kier alpha value is -1.90. The lowest BCUT2D eigenvalue weighted by Gasteiger charge is -2.37. The van der Waals surface area contributed by atoms with E-state index in [0.29, 0.717) is 18.0 Å². The molecule has 1 aliphatic heterocycles. The van der Waals surface area contributed by atoms with Gasteiger partial charge in [-0.2, -0.15) is 5.26 Å². The quantitative estimate of drug-likeness (QED) is 0.816. The number of anilines is 1. The van der Waals surface area contributed by atoms with Crippen LogP contribution in [0.1, 0.15) is 18.9 Å². The molecule has 20 heavy (non-hydrogen) atoms. The highest BCUT2D eigenvalue weighted by molar-refractivity contribution is 5.90. The van der Waals surface area contributed by atoms with Crippen LogP contribution < -0.4 is 10.6 Å². The Morgan fingerprint density at radius 1 is 1.45 bits per heavy atom. The number of nitriles is 1. The molecule has 1 fully saturated rings. The third kappa shape index (κ3) is 3.80. The third-order valence-electron chi connectivity index (χ3n) is 3.61. The number of hydrogen-bond donors (Lipinski definition) is 2. The normalized spacial score (nSPS) is 14.7. The Kier molecular flexibility index (Phi) is 5.10. The molecule has 5 nitrogen and oxygen atoms in total. The smallest absolute Gasteiger partial charge is 0.225 e. The molecule has 1 amide bonds. The Morgan fingerprint density at radius 3 is 2.65 bits per heavy atom. The zero-order chi connectivity index (χ0) is 14.4. The average Bonchev–Trinajstić information content (AvgIpc) is 2.42. The largest absolute Gasteiger partial charge is 0.326 e. The molecule has 0 saturated carbocycles. The molecule has 106 valence electrons. The lowest BCUT2D eigenvalue weighted by Crippen LogP contribution is -2.57. The van der Waals surface area contributed by atoms with Crippen LogP contribution in [0.5, 0.6) is 0 Å². The maximum Gasteiger partial charge on any atom is 0.225 e. The van der Waals surface area contributed by atoms with Crippen LogP contribution >= 0.6 is 0 Å². The van der Waals surface area contributed by atoms with Crippen molar-refractivity contribution in [3.63, 3.8) is 0 Å². The first-order chi connectivity index (χ1) is 9.72. The molecular weight excluding hydrogens is 252 g/mol. The number of nitrogens with one attached hydrogen (secondary N) is 2. The number of hydrogen-bond acceptors (Lipinski definition) is 4. The maximum absolute atomic E-state index is 11.9. The van der Waals surface area contributed by atoms with Crippen LogP contribution in [0.4, 0.5) is 5.69 Å². The van der Waals surface area contributed by atoms with Crippen molar-refractivity contribution in [2.45, 2.75) is 19.4 Å². The summed E-state index contributed by atoms with van der Waals surface area (Å²) < 4.78 is 0. The van der Waals surface area contributed by atoms with E-state index in [-0.39, 0.29) is 5.91 Å². The topological polar surface area (TPSA) is 68.2 Å². The van der Waals surface area contributed by atoms with Crippen LogP contribution in [0.3, 0.4) is 0 Å². The van der Waals surface area contributed by atoms with E-state index in [0.717, 1.165) is 31.9 Å². The number of likely N-dealkylation sites (N-methyl/N-ethyl adjacent to an activating group) is 1. The molecule has 1 saturated heterocycles. The van der Waals surface area contributed by atoms with Crippen molar-refractivity contribution >= 4 is 11.6 Å². The maximum atomic E-state index is 11.9. The average molecular weight is 272 g/mol. The highest BCUT2D eigenvalue weighted by Gasteiger charge is 2.23. The van der Waals surface area contributed by atoms with Crippen LogP contribution in [-0.4, -0.2) is 43.0 Å². The highest BCUT2D eigenvalue weighted by atomic mass is 16.1. The molecule has 0 spiro atoms. The number of rotatable bonds is 6. The van der Waals surface area contributed by atoms with Crippen molar-refractivity contribution in [1.29, 1.82) is 5.26 Å². The molecule has 0 atom stereocenters. The molecule has 2 N–H and O–H groups in total. The van der Waals surface area contributed by atoms with Crippen LogP contribution in [0.15, 0.2) is 24.3 Å². The van der Waals surface area contributed by atoms with Crippen molar-refractivity contribution in [1.82, 2.24) is 10.2 Å². The predicted molar refractivity (Wildman–Crippen MR) is 78.3 cm³/mol. The van der Waals surface area contributed by atoms with Gasteiger partial charge >= 0.3 is 0 Å². The fraction of sp³-hybridized carbons (Fsp3) is 0.467. The minimum Gasteiger partial charge on any atom is -0.326 e. The number of amides is 1. The summed E-state index contributed by atoms with van der Waals surface area (Å²) in [6, 6.07) is 9.54. The first kappa shape index (κ1) is 14.5. The molecule has 0 radical (unpaired) electrons. The van der Waals surface area contributed by atoms with Gasteiger partial charge in [0.15, 0.2) is 0 Å². The van der Waals surface area contributed by atoms with Crippen molar-refractivity contribution in [3.8, 4) is 6.07 Å². The zero-order valence-electron chi connectivity index (χ0n) is 11.7. The third-order valence-corrected chi connectivity index (χ3v) is 3.61. The summed E-state index contributed by atoms with van der Waals surface area (Å²) in [6.07, 6.45) is 0.490. The van der Waals surface area contributed by atoms with Crippen LogP contribution in [0.2, 0.25) is 0 Å². The van der Waals surface area contributed by atoms with E-state index in [1.807, 2.05) is 0 Å². The number of carbonyl (C=O) groups is 1. The Balaban J connectivity index is 1.78. The zero-order valence-corrected chi connectivity index (χ0v) is 11.7. The van der Waals surface area contributed by atoms with E-state index in [1.54, 1.807) is 24.3 Å². The molecule has 1 aromatic carbocycles. The van der Waals surface area contributed by atoms with Crippen molar-refractivity contribution in [2.24, 2.45) is 0 Å². The summed E-state index contributed by atoms with van der Waals surface area (Å²) >= 11 is 0. The van der Waals surface area contributed by atoms with E-state index < -0.39 is 0 Å². The fourth-order valence-electron chi connectivity index (χ4n) is 2.23. The van der Waals surface area contributed by atoms with Gasteiger partial charge in [0.25, 0.3) is 0 Å². The van der Waals surface area contributed by atoms with Gasteiger partial charge in [-0.3, -0.25) is 9.69 Å². The molecule has 0 aliphatic carbocycles. The summed E-state index contributed by atoms with van der Waals surface area (Å²) in [4.78, 5) is 14.2. The minimum absolute atomic E-state index is 0.0143. The van der Waals surface area contributed by atoms with E-state index in [4.69, 9.17) is 5.26 Å². The van der Waals surface area contributed by atoms with Gasteiger partial charge in [0.05, 0.1) is 11.6 Å². The SMILES string of the molecule is CCN(CCC(=O)Nc1ccc(C#N)cc1)C1CNC1. The molecule has 1 aliphatic rings.